The maximum Gasteiger partial charge on any atom is 0.147 e. The maximum atomic E-state index is 11.2. The van der Waals surface area contributed by atoms with Crippen molar-refractivity contribution < 1.29 is 14.6 Å². The molecular formula is C21H33N3O3. The summed E-state index contributed by atoms with van der Waals surface area (Å²) in [5.41, 5.74) is 3.96. The summed E-state index contributed by atoms with van der Waals surface area (Å²) in [5, 5.41) is 15.7. The van der Waals surface area contributed by atoms with Gasteiger partial charge in [0.1, 0.15) is 23.5 Å². The van der Waals surface area contributed by atoms with Crippen LogP contribution in [0.25, 0.3) is 0 Å². The summed E-state index contributed by atoms with van der Waals surface area (Å²) in [7, 11) is 0. The van der Waals surface area contributed by atoms with Gasteiger partial charge < -0.3 is 20.2 Å². The van der Waals surface area contributed by atoms with E-state index in [0.717, 1.165) is 44.6 Å². The average Bonchev–Trinajstić information content (AvgIpc) is 2.70. The third-order valence-electron chi connectivity index (χ3n) is 4.85. The quantitative estimate of drug-likeness (QED) is 0.407. The van der Waals surface area contributed by atoms with E-state index in [4.69, 9.17) is 4.74 Å². The predicted molar refractivity (Wildman–Crippen MR) is 107 cm³/mol. The molecule has 0 amide bonds. The minimum atomic E-state index is -0.502. The number of hydrogen-bond donors (Lipinski definition) is 3. The lowest BCUT2D eigenvalue weighted by Gasteiger charge is -2.34. The fraction of sp³-hybridized carbons (Fsp3) is 0.619. The second kappa shape index (κ2) is 11.8. The molecule has 1 heterocycles. The lowest BCUT2D eigenvalue weighted by Crippen LogP contribution is -2.47. The predicted octanol–water partition coefficient (Wildman–Crippen LogP) is 2.28. The van der Waals surface area contributed by atoms with Crippen molar-refractivity contribution in [3.63, 3.8) is 0 Å². The first kappa shape index (κ1) is 21.5. The second-order valence-corrected chi connectivity index (χ2v) is 7.10. The Morgan fingerprint density at radius 1 is 1.33 bits per heavy atom. The molecule has 1 fully saturated rings. The monoisotopic (exact) mass is 375 g/mol. The minimum Gasteiger partial charge on any atom is -0.488 e. The number of rotatable bonds is 11. The number of aliphatic hydroxyl groups is 1. The summed E-state index contributed by atoms with van der Waals surface area (Å²) in [6, 6.07) is 9.86. The lowest BCUT2D eigenvalue weighted by molar-refractivity contribution is 0.0403. The van der Waals surface area contributed by atoms with Crippen LogP contribution in [0.3, 0.4) is 0 Å². The van der Waals surface area contributed by atoms with Crippen LogP contribution in [0.4, 0.5) is 0 Å². The van der Waals surface area contributed by atoms with Crippen molar-refractivity contribution in [1.82, 2.24) is 15.8 Å². The van der Waals surface area contributed by atoms with Gasteiger partial charge in [0.2, 0.25) is 0 Å². The van der Waals surface area contributed by atoms with Gasteiger partial charge in [-0.2, -0.15) is 0 Å². The summed E-state index contributed by atoms with van der Waals surface area (Å²) in [5.74, 6) is 2.85. The number of para-hydroxylation sites is 1. The van der Waals surface area contributed by atoms with E-state index in [9.17, 15) is 9.90 Å². The molecule has 6 nitrogen and oxygen atoms in total. The van der Waals surface area contributed by atoms with Gasteiger partial charge in [-0.15, -0.1) is 0 Å². The largest absolute Gasteiger partial charge is 0.488 e. The molecule has 6 heteroatoms. The van der Waals surface area contributed by atoms with Crippen molar-refractivity contribution in [2.45, 2.75) is 64.2 Å². The van der Waals surface area contributed by atoms with E-state index in [1.54, 1.807) is 0 Å². The maximum absolute atomic E-state index is 11.2. The van der Waals surface area contributed by atoms with Crippen LogP contribution in [-0.2, 0) is 4.79 Å². The van der Waals surface area contributed by atoms with Gasteiger partial charge in [0.15, 0.2) is 0 Å². The van der Waals surface area contributed by atoms with Gasteiger partial charge in [-0.25, -0.2) is 10.2 Å². The molecule has 3 unspecified atom stereocenters. The van der Waals surface area contributed by atoms with Crippen molar-refractivity contribution in [3.05, 3.63) is 36.0 Å². The van der Waals surface area contributed by atoms with Crippen LogP contribution in [0.1, 0.15) is 46.0 Å². The highest BCUT2D eigenvalue weighted by molar-refractivity contribution is 5.52. The van der Waals surface area contributed by atoms with E-state index in [1.807, 2.05) is 42.3 Å². The van der Waals surface area contributed by atoms with Crippen LogP contribution in [0.15, 0.2) is 36.0 Å². The molecule has 0 saturated carbocycles. The lowest BCUT2D eigenvalue weighted by atomic mass is 10.0. The Morgan fingerprint density at radius 3 is 2.81 bits per heavy atom. The van der Waals surface area contributed by atoms with Crippen LogP contribution in [0, 0.1) is 0 Å². The molecule has 3 atom stereocenters. The molecule has 0 aliphatic carbocycles. The number of ether oxygens (including phenoxy) is 1. The van der Waals surface area contributed by atoms with Crippen LogP contribution < -0.4 is 15.5 Å². The first-order chi connectivity index (χ1) is 13.1. The Bertz CT molecular complexity index is 590. The SMILES string of the molecule is CCCNN1CCC(NCCCC(O)C(C)Oc2ccccc2)CC1=C=O. The number of hydrogen-bond acceptors (Lipinski definition) is 6. The minimum absolute atomic E-state index is 0.245. The molecule has 1 aliphatic rings. The first-order valence-electron chi connectivity index (χ1n) is 10.0. The normalized spacial score (nSPS) is 19.4. The van der Waals surface area contributed by atoms with Gasteiger partial charge in [-0.1, -0.05) is 25.1 Å². The number of benzene rings is 1. The highest BCUT2D eigenvalue weighted by Gasteiger charge is 2.23. The summed E-state index contributed by atoms with van der Waals surface area (Å²) in [4.78, 5) is 11.2. The first-order valence-corrected chi connectivity index (χ1v) is 10.0. The topological polar surface area (TPSA) is 73.8 Å². The molecule has 1 aliphatic heterocycles. The molecule has 1 aromatic rings. The Hall–Kier alpha value is -1.85. The second-order valence-electron chi connectivity index (χ2n) is 7.10. The summed E-state index contributed by atoms with van der Waals surface area (Å²) >= 11 is 0. The number of nitrogens with one attached hydrogen (secondary N) is 2. The number of aliphatic hydroxyl groups excluding tert-OH is 1. The molecule has 27 heavy (non-hydrogen) atoms. The molecule has 0 spiro atoms. The molecular weight excluding hydrogens is 342 g/mol. The van der Waals surface area contributed by atoms with E-state index in [-0.39, 0.29) is 12.1 Å². The average molecular weight is 376 g/mol. The molecule has 0 bridgehead atoms. The molecule has 0 radical (unpaired) electrons. The van der Waals surface area contributed by atoms with E-state index in [0.29, 0.717) is 18.5 Å². The summed E-state index contributed by atoms with van der Waals surface area (Å²) < 4.78 is 5.77. The fourth-order valence-corrected chi connectivity index (χ4v) is 3.20. The third-order valence-corrected chi connectivity index (χ3v) is 4.85. The molecule has 1 saturated heterocycles. The zero-order chi connectivity index (χ0) is 19.5. The zero-order valence-corrected chi connectivity index (χ0v) is 16.5. The Kier molecular flexibility index (Phi) is 9.36. The van der Waals surface area contributed by atoms with Crippen molar-refractivity contribution in [3.8, 4) is 5.75 Å². The van der Waals surface area contributed by atoms with E-state index < -0.39 is 6.10 Å². The van der Waals surface area contributed by atoms with Crippen molar-refractivity contribution in [2.75, 3.05) is 19.6 Å². The van der Waals surface area contributed by atoms with E-state index in [1.165, 1.54) is 0 Å². The highest BCUT2D eigenvalue weighted by atomic mass is 16.5. The molecule has 0 aromatic heterocycles. The smallest absolute Gasteiger partial charge is 0.147 e. The Balaban J connectivity index is 1.64. The zero-order valence-electron chi connectivity index (χ0n) is 16.5. The van der Waals surface area contributed by atoms with Gasteiger partial charge in [0.25, 0.3) is 0 Å². The summed E-state index contributed by atoms with van der Waals surface area (Å²) in [6.45, 7) is 6.49. The van der Waals surface area contributed by atoms with Gasteiger partial charge in [-0.3, -0.25) is 0 Å². The van der Waals surface area contributed by atoms with Gasteiger partial charge >= 0.3 is 0 Å². The van der Waals surface area contributed by atoms with Crippen LogP contribution >= 0.6 is 0 Å². The molecule has 3 N–H and O–H groups in total. The van der Waals surface area contributed by atoms with Gasteiger partial charge in [0.05, 0.1) is 6.10 Å². The third kappa shape index (κ3) is 7.35. The molecule has 1 aromatic carbocycles. The van der Waals surface area contributed by atoms with Crippen molar-refractivity contribution in [2.24, 2.45) is 0 Å². The number of piperidine rings is 1. The van der Waals surface area contributed by atoms with Crippen LogP contribution in [-0.4, -0.2) is 53.9 Å². The highest BCUT2D eigenvalue weighted by Crippen LogP contribution is 2.18. The fourth-order valence-electron chi connectivity index (χ4n) is 3.20. The van der Waals surface area contributed by atoms with Crippen molar-refractivity contribution >= 4 is 5.94 Å². The van der Waals surface area contributed by atoms with E-state index >= 15 is 0 Å². The number of nitrogens with zero attached hydrogens (tertiary/aromatic N) is 1. The molecule has 2 rings (SSSR count). The Morgan fingerprint density at radius 2 is 2.11 bits per heavy atom. The van der Waals surface area contributed by atoms with Crippen LogP contribution in [0.2, 0.25) is 0 Å². The summed E-state index contributed by atoms with van der Waals surface area (Å²) in [6.07, 6.45) is 3.49. The van der Waals surface area contributed by atoms with Crippen molar-refractivity contribution in [1.29, 1.82) is 0 Å². The standard InChI is InChI=1S/C21H33N3O3/c1-3-12-23-24-14-11-18(15-19(24)16-25)22-13-7-10-21(26)17(2)27-20-8-5-4-6-9-20/h4-6,8-9,17-18,21-23,26H,3,7,10-15H2,1-2H3. The van der Waals surface area contributed by atoms with Crippen LogP contribution in [0.5, 0.6) is 5.75 Å². The molecule has 150 valence electrons. The van der Waals surface area contributed by atoms with Gasteiger partial charge in [0, 0.05) is 25.6 Å². The Labute approximate surface area is 162 Å². The number of carbonyl (C=O) groups excluding carboxylic acids is 1. The van der Waals surface area contributed by atoms with Gasteiger partial charge in [-0.05, 0) is 51.3 Å². The van der Waals surface area contributed by atoms with E-state index in [2.05, 4.69) is 23.6 Å². The number of hydrazine groups is 1.